The molecule has 2 atom stereocenters. The van der Waals surface area contributed by atoms with Crippen molar-refractivity contribution in [2.45, 2.75) is 90.9 Å². The summed E-state index contributed by atoms with van der Waals surface area (Å²) in [6.45, 7) is 22.2. The Labute approximate surface area is 173 Å². The van der Waals surface area contributed by atoms with Crippen LogP contribution >= 0.6 is 0 Å². The van der Waals surface area contributed by atoms with Crippen LogP contribution in [0.15, 0.2) is 52.1 Å². The molecule has 150 valence electrons. The smallest absolute Gasteiger partial charge is 0.0672 e. The summed E-state index contributed by atoms with van der Waals surface area (Å²) in [6, 6.07) is 10.7. The minimum absolute atomic E-state index is 0.318. The average Bonchev–Trinajstić information content (AvgIpc) is 3.05. The summed E-state index contributed by atoms with van der Waals surface area (Å²) in [5, 5.41) is 0.666. The number of allylic oxidation sites excluding steroid dienone is 5. The molecule has 1 aliphatic heterocycles. The first-order chi connectivity index (χ1) is 13.0. The first-order valence-corrected chi connectivity index (χ1v) is 13.8. The second kappa shape index (κ2) is 5.85. The second-order valence-corrected chi connectivity index (χ2v) is 15.9. The zero-order valence-electron chi connectivity index (χ0n) is 19.5. The van der Waals surface area contributed by atoms with Crippen LogP contribution in [0, 0.1) is 5.41 Å². The highest BCUT2D eigenvalue weighted by Gasteiger charge is 2.76. The van der Waals surface area contributed by atoms with E-state index >= 15 is 0 Å². The van der Waals surface area contributed by atoms with Crippen LogP contribution in [0.2, 0.25) is 17.6 Å². The number of rotatable bonds is 2. The maximum atomic E-state index is 2.77. The number of benzene rings is 1. The van der Waals surface area contributed by atoms with Crippen LogP contribution in [0.4, 0.5) is 0 Å². The summed E-state index contributed by atoms with van der Waals surface area (Å²) in [7, 11) is -1.80. The Bertz CT molecular complexity index is 925. The normalized spacial score (nSPS) is 31.0. The number of hydrogen-bond donors (Lipinski definition) is 0. The molecule has 2 aliphatic carbocycles. The Morgan fingerprint density at radius 1 is 0.929 bits per heavy atom. The van der Waals surface area contributed by atoms with Gasteiger partial charge in [-0.2, -0.15) is 0 Å². The third kappa shape index (κ3) is 2.07. The summed E-state index contributed by atoms with van der Waals surface area (Å²) in [5.41, 5.74) is 11.8. The third-order valence-corrected chi connectivity index (χ3v) is 16.2. The summed E-state index contributed by atoms with van der Waals surface area (Å²) in [5.74, 6) is 0. The lowest BCUT2D eigenvalue weighted by Gasteiger charge is -2.71. The molecule has 0 saturated carbocycles. The predicted molar refractivity (Wildman–Crippen MR) is 126 cm³/mol. The lowest BCUT2D eigenvalue weighted by Crippen LogP contribution is -2.73. The van der Waals surface area contributed by atoms with Gasteiger partial charge in [-0.1, -0.05) is 87.3 Å². The SMILES string of the molecule is CCC1=Cc2ccccc2C12CC1(C(C)=C(C)C(C)=C1C)[Si]2(C)CC(C)(C)C. The number of hydrogen-bond acceptors (Lipinski definition) is 0. The summed E-state index contributed by atoms with van der Waals surface area (Å²) in [6.07, 6.45) is 5.05. The van der Waals surface area contributed by atoms with Gasteiger partial charge in [-0.05, 0) is 68.2 Å². The minimum Gasteiger partial charge on any atom is -0.0672 e. The quantitative estimate of drug-likeness (QED) is 0.446. The highest BCUT2D eigenvalue weighted by Crippen LogP contribution is 2.80. The Balaban J connectivity index is 2.02. The molecule has 0 bridgehead atoms. The molecule has 1 saturated heterocycles. The second-order valence-electron chi connectivity index (χ2n) is 11.2. The predicted octanol–water partition coefficient (Wildman–Crippen LogP) is 8.23. The van der Waals surface area contributed by atoms with Crippen molar-refractivity contribution in [2.75, 3.05) is 0 Å². The van der Waals surface area contributed by atoms with E-state index in [9.17, 15) is 0 Å². The largest absolute Gasteiger partial charge is 0.0830 e. The van der Waals surface area contributed by atoms with E-state index in [0.717, 1.165) is 0 Å². The molecule has 0 radical (unpaired) electrons. The molecule has 1 heterocycles. The van der Waals surface area contributed by atoms with E-state index in [4.69, 9.17) is 0 Å². The van der Waals surface area contributed by atoms with Crippen LogP contribution in [0.3, 0.4) is 0 Å². The fraction of sp³-hybridized carbons (Fsp3) is 0.556. The zero-order valence-corrected chi connectivity index (χ0v) is 20.5. The van der Waals surface area contributed by atoms with E-state index in [1.54, 1.807) is 33.4 Å². The molecule has 0 aromatic heterocycles. The van der Waals surface area contributed by atoms with E-state index in [0.29, 0.717) is 15.5 Å². The lowest BCUT2D eigenvalue weighted by molar-refractivity contribution is 0.372. The highest BCUT2D eigenvalue weighted by molar-refractivity contribution is 6.89. The van der Waals surface area contributed by atoms with Gasteiger partial charge in [-0.25, -0.2) is 0 Å². The van der Waals surface area contributed by atoms with Gasteiger partial charge in [0, 0.05) is 10.1 Å². The molecule has 1 aromatic carbocycles. The molecule has 1 fully saturated rings. The molecular formula is C27H38Si. The topological polar surface area (TPSA) is 0 Å². The van der Waals surface area contributed by atoms with Crippen molar-refractivity contribution < 1.29 is 0 Å². The summed E-state index contributed by atoms with van der Waals surface area (Å²) >= 11 is 0. The molecule has 1 aromatic rings. The Morgan fingerprint density at radius 3 is 2.04 bits per heavy atom. The van der Waals surface area contributed by atoms with Crippen LogP contribution in [-0.4, -0.2) is 8.07 Å². The molecule has 0 N–H and O–H groups in total. The van der Waals surface area contributed by atoms with Crippen molar-refractivity contribution in [3.63, 3.8) is 0 Å². The minimum atomic E-state index is -1.80. The molecular weight excluding hydrogens is 352 g/mol. The first-order valence-electron chi connectivity index (χ1n) is 11.1. The summed E-state index contributed by atoms with van der Waals surface area (Å²) in [4.78, 5) is 0. The van der Waals surface area contributed by atoms with Gasteiger partial charge >= 0.3 is 0 Å². The molecule has 1 heteroatoms. The number of fused-ring (bicyclic) bond motifs is 2. The van der Waals surface area contributed by atoms with Gasteiger partial charge in [0.05, 0.1) is 8.07 Å². The van der Waals surface area contributed by atoms with Gasteiger partial charge in [0.2, 0.25) is 0 Å². The molecule has 28 heavy (non-hydrogen) atoms. The summed E-state index contributed by atoms with van der Waals surface area (Å²) < 4.78 is 0. The maximum absolute atomic E-state index is 2.77. The van der Waals surface area contributed by atoms with E-state index in [2.05, 4.69) is 92.3 Å². The van der Waals surface area contributed by atoms with Crippen molar-refractivity contribution in [1.82, 2.24) is 0 Å². The fourth-order valence-corrected chi connectivity index (χ4v) is 16.0. The fourth-order valence-electron chi connectivity index (χ4n) is 7.74. The van der Waals surface area contributed by atoms with E-state index < -0.39 is 8.07 Å². The Hall–Kier alpha value is -1.34. The van der Waals surface area contributed by atoms with Crippen LogP contribution in [-0.2, 0) is 5.04 Å². The van der Waals surface area contributed by atoms with Gasteiger partial charge in [-0.15, -0.1) is 0 Å². The standard InChI is InChI=1S/C27H38Si/c1-10-23-15-22-13-11-12-14-24(22)27(23)16-26(28(27,9)17-25(6,7)8)20(4)18(2)19(3)21(26)5/h11-15H,10,16-17H2,1-9H3. The Kier molecular flexibility index (Phi) is 4.17. The Morgan fingerprint density at radius 2 is 1.50 bits per heavy atom. The molecule has 0 nitrogen and oxygen atoms in total. The van der Waals surface area contributed by atoms with Gasteiger partial charge < -0.3 is 0 Å². The maximum Gasteiger partial charge on any atom is 0.0830 e. The first kappa shape index (κ1) is 20.0. The van der Waals surface area contributed by atoms with Gasteiger partial charge in [-0.3, -0.25) is 0 Å². The molecule has 2 unspecified atom stereocenters. The van der Waals surface area contributed by atoms with Crippen molar-refractivity contribution >= 4 is 14.1 Å². The van der Waals surface area contributed by atoms with Gasteiger partial charge in [0.25, 0.3) is 0 Å². The van der Waals surface area contributed by atoms with Crippen LogP contribution < -0.4 is 0 Å². The van der Waals surface area contributed by atoms with E-state index in [1.165, 1.54) is 24.4 Å². The van der Waals surface area contributed by atoms with Crippen molar-refractivity contribution in [3.05, 3.63) is 63.3 Å². The van der Waals surface area contributed by atoms with Crippen molar-refractivity contribution in [1.29, 1.82) is 0 Å². The molecule has 0 amide bonds. The van der Waals surface area contributed by atoms with Crippen LogP contribution in [0.5, 0.6) is 0 Å². The third-order valence-electron chi connectivity index (χ3n) is 8.95. The molecule has 4 rings (SSSR count). The average molecular weight is 391 g/mol. The molecule has 3 aliphatic rings. The van der Waals surface area contributed by atoms with Gasteiger partial charge in [0.15, 0.2) is 0 Å². The van der Waals surface area contributed by atoms with E-state index in [1.807, 2.05) is 0 Å². The van der Waals surface area contributed by atoms with Crippen LogP contribution in [0.25, 0.3) is 6.08 Å². The van der Waals surface area contributed by atoms with Crippen LogP contribution in [0.1, 0.15) is 79.4 Å². The molecule has 2 spiro atoms. The zero-order chi connectivity index (χ0) is 20.7. The van der Waals surface area contributed by atoms with Gasteiger partial charge in [0.1, 0.15) is 0 Å². The monoisotopic (exact) mass is 390 g/mol. The van der Waals surface area contributed by atoms with E-state index in [-0.39, 0.29) is 0 Å². The van der Waals surface area contributed by atoms with Crippen molar-refractivity contribution in [3.8, 4) is 0 Å². The van der Waals surface area contributed by atoms with Crippen molar-refractivity contribution in [2.24, 2.45) is 5.41 Å². The lowest BCUT2D eigenvalue weighted by atomic mass is 9.76. The highest BCUT2D eigenvalue weighted by atomic mass is 28.3.